The summed E-state index contributed by atoms with van der Waals surface area (Å²) in [5.74, 6) is -1.25. The van der Waals surface area contributed by atoms with Gasteiger partial charge in [0.25, 0.3) is 11.9 Å². The maximum Gasteiger partial charge on any atom is 0.362 e. The summed E-state index contributed by atoms with van der Waals surface area (Å²) in [6.07, 6.45) is -1.16. The molecule has 17 heavy (non-hydrogen) atoms. The van der Waals surface area contributed by atoms with Gasteiger partial charge in [0.05, 0.1) is 6.61 Å². The van der Waals surface area contributed by atoms with Crippen LogP contribution in [0, 0.1) is 0 Å². The Labute approximate surface area is 96.2 Å². The van der Waals surface area contributed by atoms with Crippen molar-refractivity contribution in [2.75, 3.05) is 6.61 Å². The number of alkyl halides is 1. The molecule has 0 N–H and O–H groups in total. The van der Waals surface area contributed by atoms with Crippen molar-refractivity contribution in [1.82, 2.24) is 9.13 Å². The normalized spacial score (nSPS) is 12.2. The van der Waals surface area contributed by atoms with E-state index >= 15 is 0 Å². The fraction of sp³-hybridized carbons (Fsp3) is 0.500. The van der Waals surface area contributed by atoms with E-state index in [0.717, 1.165) is 10.6 Å². The standard InChI is InChI=1S/C10H13FN2O4/c1-3-12-6-5-7(14)13(10(12)16)8(11)9(15)17-4-2/h5-6,8H,3-4H2,1-2H3. The molecule has 1 atom stereocenters. The minimum absolute atomic E-state index is 0.0250. The van der Waals surface area contributed by atoms with Crippen LogP contribution < -0.4 is 11.2 Å². The van der Waals surface area contributed by atoms with Gasteiger partial charge >= 0.3 is 11.7 Å². The van der Waals surface area contributed by atoms with Gasteiger partial charge in [-0.25, -0.2) is 18.5 Å². The van der Waals surface area contributed by atoms with Crippen LogP contribution in [-0.2, 0) is 16.1 Å². The summed E-state index contributed by atoms with van der Waals surface area (Å²) in [6, 6.07) is 1.02. The molecule has 1 rings (SSSR count). The molecule has 0 aliphatic heterocycles. The molecule has 0 fully saturated rings. The molecule has 6 nitrogen and oxygen atoms in total. The molecule has 1 aromatic rings. The zero-order valence-electron chi connectivity index (χ0n) is 9.55. The summed E-state index contributed by atoms with van der Waals surface area (Å²) in [6.45, 7) is 3.41. The predicted molar refractivity (Wildman–Crippen MR) is 57.4 cm³/mol. The van der Waals surface area contributed by atoms with Crippen molar-refractivity contribution in [2.45, 2.75) is 26.7 Å². The lowest BCUT2D eigenvalue weighted by Crippen LogP contribution is -2.42. The van der Waals surface area contributed by atoms with Crippen LogP contribution in [0.25, 0.3) is 0 Å². The van der Waals surface area contributed by atoms with E-state index in [4.69, 9.17) is 0 Å². The van der Waals surface area contributed by atoms with Crippen LogP contribution in [0.15, 0.2) is 21.9 Å². The average molecular weight is 244 g/mol. The third-order valence-electron chi connectivity index (χ3n) is 2.13. The summed E-state index contributed by atoms with van der Waals surface area (Å²) in [7, 11) is 0. The Morgan fingerprint density at radius 3 is 2.65 bits per heavy atom. The molecule has 1 unspecified atom stereocenters. The van der Waals surface area contributed by atoms with Crippen molar-refractivity contribution in [3.8, 4) is 0 Å². The minimum atomic E-state index is -2.41. The van der Waals surface area contributed by atoms with Crippen molar-refractivity contribution in [3.63, 3.8) is 0 Å². The molecular weight excluding hydrogens is 231 g/mol. The Morgan fingerprint density at radius 1 is 1.47 bits per heavy atom. The van der Waals surface area contributed by atoms with Crippen molar-refractivity contribution in [1.29, 1.82) is 0 Å². The number of rotatable bonds is 4. The molecule has 0 amide bonds. The fourth-order valence-electron chi connectivity index (χ4n) is 1.30. The monoisotopic (exact) mass is 244 g/mol. The van der Waals surface area contributed by atoms with E-state index in [1.54, 1.807) is 6.92 Å². The Bertz CT molecular complexity index is 520. The molecule has 0 aliphatic rings. The fourth-order valence-corrected chi connectivity index (χ4v) is 1.30. The maximum absolute atomic E-state index is 13.6. The quantitative estimate of drug-likeness (QED) is 0.702. The highest BCUT2D eigenvalue weighted by atomic mass is 19.1. The van der Waals surface area contributed by atoms with E-state index in [1.807, 2.05) is 0 Å². The third-order valence-corrected chi connectivity index (χ3v) is 2.13. The van der Waals surface area contributed by atoms with Gasteiger partial charge in [-0.2, -0.15) is 0 Å². The number of halogens is 1. The molecule has 1 aromatic heterocycles. The number of aromatic nitrogens is 2. The molecule has 0 saturated heterocycles. The molecule has 0 aliphatic carbocycles. The van der Waals surface area contributed by atoms with Crippen LogP contribution in [0.2, 0.25) is 0 Å². The summed E-state index contributed by atoms with van der Waals surface area (Å²) in [4.78, 5) is 34.2. The molecule has 1 heterocycles. The molecule has 7 heteroatoms. The number of carbonyl (C=O) groups excluding carboxylic acids is 1. The van der Waals surface area contributed by atoms with Gasteiger partial charge in [0.15, 0.2) is 0 Å². The number of ether oxygens (including phenoxy) is 1. The number of hydrogen-bond donors (Lipinski definition) is 0. The first-order valence-corrected chi connectivity index (χ1v) is 5.15. The van der Waals surface area contributed by atoms with Crippen molar-refractivity contribution >= 4 is 5.97 Å². The van der Waals surface area contributed by atoms with E-state index in [9.17, 15) is 18.8 Å². The second kappa shape index (κ2) is 5.42. The SMILES string of the molecule is CCOC(=O)C(F)n1c(=O)ccn(CC)c1=O. The molecule has 0 aromatic carbocycles. The van der Waals surface area contributed by atoms with E-state index in [2.05, 4.69) is 4.74 Å². The summed E-state index contributed by atoms with van der Waals surface area (Å²) in [5, 5.41) is 0. The molecule has 94 valence electrons. The van der Waals surface area contributed by atoms with E-state index in [1.165, 1.54) is 13.1 Å². The Balaban J connectivity index is 3.26. The lowest BCUT2D eigenvalue weighted by atomic mass is 10.5. The number of esters is 1. The number of nitrogens with zero attached hydrogens (tertiary/aromatic N) is 2. The van der Waals surface area contributed by atoms with Crippen LogP contribution in [0.1, 0.15) is 20.1 Å². The average Bonchev–Trinajstić information content (AvgIpc) is 2.29. The summed E-state index contributed by atoms with van der Waals surface area (Å²) >= 11 is 0. The lowest BCUT2D eigenvalue weighted by Gasteiger charge is -2.11. The largest absolute Gasteiger partial charge is 0.462 e. The number of carbonyl (C=O) groups is 1. The van der Waals surface area contributed by atoms with E-state index in [-0.39, 0.29) is 17.7 Å². The van der Waals surface area contributed by atoms with Gasteiger partial charge in [0.1, 0.15) is 0 Å². The third kappa shape index (κ3) is 2.61. The minimum Gasteiger partial charge on any atom is -0.462 e. The Hall–Kier alpha value is -1.92. The lowest BCUT2D eigenvalue weighted by molar-refractivity contribution is -0.153. The molecule has 0 bridgehead atoms. The van der Waals surface area contributed by atoms with Gasteiger partial charge in [0.2, 0.25) is 0 Å². The van der Waals surface area contributed by atoms with Gasteiger partial charge in [-0.1, -0.05) is 0 Å². The molecule has 0 radical (unpaired) electrons. The molecular formula is C10H13FN2O4. The zero-order chi connectivity index (χ0) is 13.0. The number of hydrogen-bond acceptors (Lipinski definition) is 4. The summed E-state index contributed by atoms with van der Waals surface area (Å²) in [5.41, 5.74) is -1.75. The predicted octanol–water partition coefficient (Wildman–Crippen LogP) is 0.0611. The van der Waals surface area contributed by atoms with Crippen molar-refractivity contribution in [3.05, 3.63) is 33.1 Å². The van der Waals surface area contributed by atoms with Crippen LogP contribution in [0.3, 0.4) is 0 Å². The second-order valence-electron chi connectivity index (χ2n) is 3.18. The highest BCUT2D eigenvalue weighted by Gasteiger charge is 2.24. The topological polar surface area (TPSA) is 70.3 Å². The van der Waals surface area contributed by atoms with Gasteiger partial charge < -0.3 is 9.30 Å². The first-order valence-electron chi connectivity index (χ1n) is 5.15. The van der Waals surface area contributed by atoms with E-state index in [0.29, 0.717) is 0 Å². The first kappa shape index (κ1) is 13.1. The van der Waals surface area contributed by atoms with Gasteiger partial charge in [-0.05, 0) is 13.8 Å². The van der Waals surface area contributed by atoms with Gasteiger partial charge in [0, 0.05) is 18.8 Å². The zero-order valence-corrected chi connectivity index (χ0v) is 9.55. The highest BCUT2D eigenvalue weighted by molar-refractivity contribution is 5.72. The maximum atomic E-state index is 13.6. The van der Waals surface area contributed by atoms with Crippen LogP contribution in [-0.4, -0.2) is 21.7 Å². The summed E-state index contributed by atoms with van der Waals surface area (Å²) < 4.78 is 19.4. The molecule has 0 spiro atoms. The number of aryl methyl sites for hydroxylation is 1. The Kier molecular flexibility index (Phi) is 4.19. The van der Waals surface area contributed by atoms with Crippen LogP contribution in [0.5, 0.6) is 0 Å². The van der Waals surface area contributed by atoms with E-state index < -0.39 is 23.5 Å². The van der Waals surface area contributed by atoms with Crippen LogP contribution in [0.4, 0.5) is 4.39 Å². The van der Waals surface area contributed by atoms with Crippen molar-refractivity contribution in [2.24, 2.45) is 0 Å². The van der Waals surface area contributed by atoms with Crippen LogP contribution >= 0.6 is 0 Å². The second-order valence-corrected chi connectivity index (χ2v) is 3.18. The Morgan fingerprint density at radius 2 is 2.12 bits per heavy atom. The van der Waals surface area contributed by atoms with Crippen molar-refractivity contribution < 1.29 is 13.9 Å². The molecule has 0 saturated carbocycles. The smallest absolute Gasteiger partial charge is 0.362 e. The first-order chi connectivity index (χ1) is 8.02. The van der Waals surface area contributed by atoms with Gasteiger partial charge in [-0.15, -0.1) is 0 Å². The highest BCUT2D eigenvalue weighted by Crippen LogP contribution is 2.04. The van der Waals surface area contributed by atoms with Gasteiger partial charge in [-0.3, -0.25) is 4.79 Å².